The fraction of sp³-hybridized carbons (Fsp3) is 0.312. The summed E-state index contributed by atoms with van der Waals surface area (Å²) in [7, 11) is 4.24. The molecule has 1 heterocycles. The zero-order chi connectivity index (χ0) is 17.0. The first-order valence-corrected chi connectivity index (χ1v) is 6.87. The molecule has 0 spiro atoms. The Bertz CT molecular complexity index is 756. The lowest BCUT2D eigenvalue weighted by molar-refractivity contribution is 0.0497. The fourth-order valence-corrected chi connectivity index (χ4v) is 2.12. The number of nitrogens with zero attached hydrogens (tertiary/aromatic N) is 1. The summed E-state index contributed by atoms with van der Waals surface area (Å²) in [4.78, 5) is 28.2. The quantitative estimate of drug-likeness (QED) is 0.781. The van der Waals surface area contributed by atoms with Crippen molar-refractivity contribution in [1.82, 2.24) is 4.98 Å². The number of esters is 2. The molecule has 1 aromatic heterocycles. The first kappa shape index (κ1) is 16.5. The number of fused-ring (bicyclic) bond motifs is 1. The van der Waals surface area contributed by atoms with Gasteiger partial charge in [-0.2, -0.15) is 0 Å². The van der Waals surface area contributed by atoms with E-state index in [-0.39, 0.29) is 17.9 Å². The molecule has 0 saturated carbocycles. The Labute approximate surface area is 133 Å². The van der Waals surface area contributed by atoms with Gasteiger partial charge in [-0.25, -0.2) is 14.6 Å². The summed E-state index contributed by atoms with van der Waals surface area (Å²) in [6.07, 6.45) is 0. The summed E-state index contributed by atoms with van der Waals surface area (Å²) >= 11 is 0. The number of carbonyl (C=O) groups excluding carboxylic acids is 2. The monoisotopic (exact) mass is 319 g/mol. The molecule has 2 aromatic rings. The van der Waals surface area contributed by atoms with E-state index in [1.807, 2.05) is 0 Å². The molecule has 0 aliphatic rings. The summed E-state index contributed by atoms with van der Waals surface area (Å²) in [5, 5.41) is 0.607. The largest absolute Gasteiger partial charge is 0.493 e. The minimum absolute atomic E-state index is 0.0330. The maximum Gasteiger partial charge on any atom is 0.357 e. The molecule has 0 amide bonds. The second-order valence-corrected chi connectivity index (χ2v) is 4.50. The predicted octanol–water partition coefficient (Wildman–Crippen LogP) is 2.22. The van der Waals surface area contributed by atoms with Crippen molar-refractivity contribution < 1.29 is 28.5 Å². The highest BCUT2D eigenvalue weighted by atomic mass is 16.5. The molecule has 2 rings (SSSR count). The van der Waals surface area contributed by atoms with Crippen molar-refractivity contribution in [3.8, 4) is 11.5 Å². The standard InChI is InChI=1S/C16H17NO6/c1-5-23-16(19)14-10(15(18)22-4)6-9-7-12(20-2)13(21-3)8-11(9)17-14/h6-8H,5H2,1-4H3. The lowest BCUT2D eigenvalue weighted by Crippen LogP contribution is -2.15. The Morgan fingerprint density at radius 3 is 2.22 bits per heavy atom. The van der Waals surface area contributed by atoms with Gasteiger partial charge in [-0.05, 0) is 19.1 Å². The Kier molecular flexibility index (Phi) is 5.00. The van der Waals surface area contributed by atoms with E-state index < -0.39 is 11.9 Å². The number of aromatic nitrogens is 1. The number of rotatable bonds is 5. The Morgan fingerprint density at radius 2 is 1.65 bits per heavy atom. The molecular weight excluding hydrogens is 302 g/mol. The van der Waals surface area contributed by atoms with E-state index in [0.29, 0.717) is 22.4 Å². The first-order chi connectivity index (χ1) is 11.0. The van der Waals surface area contributed by atoms with Crippen molar-refractivity contribution in [2.45, 2.75) is 6.92 Å². The van der Waals surface area contributed by atoms with Crippen LogP contribution >= 0.6 is 0 Å². The van der Waals surface area contributed by atoms with Crippen LogP contribution < -0.4 is 9.47 Å². The van der Waals surface area contributed by atoms with Crippen LogP contribution in [0.25, 0.3) is 10.9 Å². The number of methoxy groups -OCH3 is 3. The van der Waals surface area contributed by atoms with E-state index in [4.69, 9.17) is 18.9 Å². The van der Waals surface area contributed by atoms with Gasteiger partial charge in [-0.1, -0.05) is 0 Å². The van der Waals surface area contributed by atoms with Gasteiger partial charge in [-0.3, -0.25) is 0 Å². The molecule has 0 atom stereocenters. The number of ether oxygens (including phenoxy) is 4. The van der Waals surface area contributed by atoms with E-state index in [0.717, 1.165) is 0 Å². The summed E-state index contributed by atoms with van der Waals surface area (Å²) in [6, 6.07) is 4.81. The second-order valence-electron chi connectivity index (χ2n) is 4.50. The van der Waals surface area contributed by atoms with Crippen LogP contribution in [0.2, 0.25) is 0 Å². The number of carbonyl (C=O) groups is 2. The normalized spacial score (nSPS) is 10.3. The molecule has 0 radical (unpaired) electrons. The highest BCUT2D eigenvalue weighted by Gasteiger charge is 2.22. The molecule has 1 aromatic carbocycles. The molecule has 0 aliphatic carbocycles. The van der Waals surface area contributed by atoms with Gasteiger partial charge in [0.15, 0.2) is 17.2 Å². The van der Waals surface area contributed by atoms with Crippen LogP contribution in [0.15, 0.2) is 18.2 Å². The van der Waals surface area contributed by atoms with Gasteiger partial charge in [0.1, 0.15) is 0 Å². The smallest absolute Gasteiger partial charge is 0.357 e. The Hall–Kier alpha value is -2.83. The van der Waals surface area contributed by atoms with Crippen LogP contribution in [0.1, 0.15) is 27.8 Å². The summed E-state index contributed by atoms with van der Waals surface area (Å²) in [5.74, 6) is -0.406. The van der Waals surface area contributed by atoms with Crippen molar-refractivity contribution in [3.63, 3.8) is 0 Å². The average molecular weight is 319 g/mol. The number of pyridine rings is 1. The number of benzene rings is 1. The van der Waals surface area contributed by atoms with Gasteiger partial charge in [0.25, 0.3) is 0 Å². The van der Waals surface area contributed by atoms with Crippen molar-refractivity contribution >= 4 is 22.8 Å². The lowest BCUT2D eigenvalue weighted by atomic mass is 10.1. The molecular formula is C16H17NO6. The second kappa shape index (κ2) is 6.95. The number of hydrogen-bond donors (Lipinski definition) is 0. The van der Waals surface area contributed by atoms with Crippen molar-refractivity contribution in [1.29, 1.82) is 0 Å². The topological polar surface area (TPSA) is 84.0 Å². The van der Waals surface area contributed by atoms with Gasteiger partial charge < -0.3 is 18.9 Å². The molecule has 0 N–H and O–H groups in total. The molecule has 0 fully saturated rings. The average Bonchev–Trinajstić information content (AvgIpc) is 2.58. The van der Waals surface area contributed by atoms with E-state index >= 15 is 0 Å². The van der Waals surface area contributed by atoms with E-state index in [2.05, 4.69) is 4.98 Å². The van der Waals surface area contributed by atoms with Gasteiger partial charge in [0.05, 0.1) is 39.0 Å². The zero-order valence-electron chi connectivity index (χ0n) is 13.3. The van der Waals surface area contributed by atoms with Crippen LogP contribution in [0.3, 0.4) is 0 Å². The molecule has 122 valence electrons. The molecule has 0 saturated heterocycles. The fourth-order valence-electron chi connectivity index (χ4n) is 2.12. The summed E-state index contributed by atoms with van der Waals surface area (Å²) in [5.41, 5.74) is 0.405. The van der Waals surface area contributed by atoms with Crippen molar-refractivity contribution in [2.24, 2.45) is 0 Å². The predicted molar refractivity (Wildman–Crippen MR) is 82.1 cm³/mol. The third-order valence-electron chi connectivity index (χ3n) is 3.19. The van der Waals surface area contributed by atoms with Crippen LogP contribution in [0.5, 0.6) is 11.5 Å². The maximum absolute atomic E-state index is 12.1. The molecule has 0 aliphatic heterocycles. The van der Waals surface area contributed by atoms with Gasteiger partial charge in [-0.15, -0.1) is 0 Å². The Morgan fingerprint density at radius 1 is 1.00 bits per heavy atom. The Balaban J connectivity index is 2.72. The molecule has 7 nitrogen and oxygen atoms in total. The lowest BCUT2D eigenvalue weighted by Gasteiger charge is -2.12. The molecule has 7 heteroatoms. The third kappa shape index (κ3) is 3.18. The first-order valence-electron chi connectivity index (χ1n) is 6.87. The molecule has 0 unspecified atom stereocenters. The summed E-state index contributed by atoms with van der Waals surface area (Å²) in [6.45, 7) is 1.84. The van der Waals surface area contributed by atoms with Gasteiger partial charge >= 0.3 is 11.9 Å². The van der Waals surface area contributed by atoms with Crippen LogP contribution in [-0.4, -0.2) is 44.9 Å². The minimum atomic E-state index is -0.690. The van der Waals surface area contributed by atoms with Crippen LogP contribution in [-0.2, 0) is 9.47 Å². The van der Waals surface area contributed by atoms with Gasteiger partial charge in [0, 0.05) is 11.5 Å². The van der Waals surface area contributed by atoms with E-state index in [9.17, 15) is 9.59 Å². The van der Waals surface area contributed by atoms with Gasteiger partial charge in [0.2, 0.25) is 0 Å². The number of hydrogen-bond acceptors (Lipinski definition) is 7. The van der Waals surface area contributed by atoms with E-state index in [1.54, 1.807) is 19.1 Å². The highest BCUT2D eigenvalue weighted by molar-refractivity contribution is 6.05. The molecule has 0 bridgehead atoms. The summed E-state index contributed by atoms with van der Waals surface area (Å²) < 4.78 is 20.1. The van der Waals surface area contributed by atoms with Crippen molar-refractivity contribution in [2.75, 3.05) is 27.9 Å². The van der Waals surface area contributed by atoms with Crippen LogP contribution in [0, 0.1) is 0 Å². The molecule has 23 heavy (non-hydrogen) atoms. The SMILES string of the molecule is CCOC(=O)c1nc2cc(OC)c(OC)cc2cc1C(=O)OC. The van der Waals surface area contributed by atoms with Crippen molar-refractivity contribution in [3.05, 3.63) is 29.5 Å². The van der Waals surface area contributed by atoms with Crippen LogP contribution in [0.4, 0.5) is 0 Å². The third-order valence-corrected chi connectivity index (χ3v) is 3.19. The zero-order valence-corrected chi connectivity index (χ0v) is 13.3. The maximum atomic E-state index is 12.1. The van der Waals surface area contributed by atoms with E-state index in [1.165, 1.54) is 27.4 Å². The highest BCUT2D eigenvalue weighted by Crippen LogP contribution is 2.32. The minimum Gasteiger partial charge on any atom is -0.493 e.